The van der Waals surface area contributed by atoms with Crippen molar-refractivity contribution < 1.29 is 14.7 Å². The molecule has 2 heterocycles. The van der Waals surface area contributed by atoms with Gasteiger partial charge >= 0.3 is 0 Å². The molecule has 19 heavy (non-hydrogen) atoms. The average molecular weight is 262 g/mol. The quantitative estimate of drug-likeness (QED) is 0.651. The summed E-state index contributed by atoms with van der Waals surface area (Å²) in [5.74, 6) is 1.65. The average Bonchev–Trinajstić information content (AvgIpc) is 2.48. The molecule has 0 amide bonds. The Morgan fingerprint density at radius 1 is 1.21 bits per heavy atom. The van der Waals surface area contributed by atoms with Crippen LogP contribution in [0.4, 0.5) is 0 Å². The Morgan fingerprint density at radius 3 is 2.68 bits per heavy atom. The maximum atomic E-state index is 8.73. The van der Waals surface area contributed by atoms with E-state index < -0.39 is 0 Å². The monoisotopic (exact) mass is 262 g/mol. The third-order valence-electron chi connectivity index (χ3n) is 3.60. The molecule has 0 bridgehead atoms. The van der Waals surface area contributed by atoms with Gasteiger partial charge in [0.05, 0.1) is 5.71 Å². The molecule has 0 saturated carbocycles. The summed E-state index contributed by atoms with van der Waals surface area (Å²) in [6.45, 7) is 3.28. The van der Waals surface area contributed by atoms with Gasteiger partial charge in [-0.2, -0.15) is 0 Å². The highest BCUT2D eigenvalue weighted by atomic mass is 16.6. The molecule has 5 nitrogen and oxygen atoms in total. The molecule has 1 atom stereocenters. The van der Waals surface area contributed by atoms with E-state index in [1.807, 2.05) is 24.3 Å². The van der Waals surface area contributed by atoms with Crippen LogP contribution in [0.5, 0.6) is 11.5 Å². The Balaban J connectivity index is 1.55. The standard InChI is InChI=1S/C14H18N2O3/c17-15-11-5-7-16(8-6-11)9-12-10-18-13-3-1-2-4-14(13)19-12/h1-4,12,17H,5-10H2. The molecular weight excluding hydrogens is 244 g/mol. The van der Waals surface area contributed by atoms with Crippen LogP contribution < -0.4 is 9.47 Å². The molecule has 2 aliphatic heterocycles. The Labute approximate surface area is 112 Å². The van der Waals surface area contributed by atoms with Crippen molar-refractivity contribution in [3.05, 3.63) is 24.3 Å². The van der Waals surface area contributed by atoms with Gasteiger partial charge in [-0.25, -0.2) is 0 Å². The Bertz CT molecular complexity index is 466. The minimum atomic E-state index is 0.0718. The van der Waals surface area contributed by atoms with E-state index in [-0.39, 0.29) is 6.10 Å². The molecule has 1 aromatic rings. The van der Waals surface area contributed by atoms with E-state index in [1.54, 1.807) is 0 Å². The number of rotatable bonds is 2. The largest absolute Gasteiger partial charge is 0.486 e. The number of likely N-dealkylation sites (tertiary alicyclic amines) is 1. The van der Waals surface area contributed by atoms with E-state index in [9.17, 15) is 0 Å². The van der Waals surface area contributed by atoms with Crippen LogP contribution in [0, 0.1) is 0 Å². The van der Waals surface area contributed by atoms with Gasteiger partial charge < -0.3 is 14.7 Å². The third kappa shape index (κ3) is 2.81. The van der Waals surface area contributed by atoms with Crippen molar-refractivity contribution in [3.63, 3.8) is 0 Å². The molecule has 1 N–H and O–H groups in total. The molecular formula is C14H18N2O3. The lowest BCUT2D eigenvalue weighted by Crippen LogP contribution is -2.44. The fraction of sp³-hybridized carbons (Fsp3) is 0.500. The van der Waals surface area contributed by atoms with Crippen molar-refractivity contribution in [2.45, 2.75) is 18.9 Å². The van der Waals surface area contributed by atoms with Crippen LogP contribution in [0.1, 0.15) is 12.8 Å². The highest BCUT2D eigenvalue weighted by Gasteiger charge is 2.24. The second-order valence-corrected chi connectivity index (χ2v) is 4.96. The molecule has 3 rings (SSSR count). The first-order valence-electron chi connectivity index (χ1n) is 6.66. The van der Waals surface area contributed by atoms with Gasteiger partial charge in [0.15, 0.2) is 11.5 Å². The maximum absolute atomic E-state index is 8.73. The number of hydrogen-bond donors (Lipinski definition) is 1. The predicted molar refractivity (Wildman–Crippen MR) is 71.2 cm³/mol. The van der Waals surface area contributed by atoms with Crippen molar-refractivity contribution >= 4 is 5.71 Å². The van der Waals surface area contributed by atoms with Crippen LogP contribution >= 0.6 is 0 Å². The SMILES string of the molecule is ON=C1CCN(CC2COc3ccccc3O2)CC1. The summed E-state index contributed by atoms with van der Waals surface area (Å²) in [5.41, 5.74) is 0.891. The molecule has 1 unspecified atom stereocenters. The van der Waals surface area contributed by atoms with Gasteiger partial charge in [-0.1, -0.05) is 17.3 Å². The molecule has 0 spiro atoms. The van der Waals surface area contributed by atoms with E-state index in [1.165, 1.54) is 0 Å². The lowest BCUT2D eigenvalue weighted by molar-refractivity contribution is 0.0583. The highest BCUT2D eigenvalue weighted by molar-refractivity contribution is 5.84. The van der Waals surface area contributed by atoms with Crippen molar-refractivity contribution in [1.82, 2.24) is 4.90 Å². The van der Waals surface area contributed by atoms with Crippen LogP contribution in [0.15, 0.2) is 29.4 Å². The van der Waals surface area contributed by atoms with Crippen molar-refractivity contribution in [3.8, 4) is 11.5 Å². The zero-order valence-corrected chi connectivity index (χ0v) is 10.8. The van der Waals surface area contributed by atoms with Gasteiger partial charge in [0.2, 0.25) is 0 Å². The maximum Gasteiger partial charge on any atom is 0.161 e. The summed E-state index contributed by atoms with van der Waals surface area (Å²) >= 11 is 0. The third-order valence-corrected chi connectivity index (χ3v) is 3.60. The summed E-state index contributed by atoms with van der Waals surface area (Å²) in [5, 5.41) is 12.0. The summed E-state index contributed by atoms with van der Waals surface area (Å²) in [7, 11) is 0. The van der Waals surface area contributed by atoms with Crippen LogP contribution in [0.25, 0.3) is 0 Å². The molecule has 0 aromatic heterocycles. The fourth-order valence-corrected chi connectivity index (χ4v) is 2.53. The topological polar surface area (TPSA) is 54.3 Å². The number of ether oxygens (including phenoxy) is 2. The van der Waals surface area contributed by atoms with E-state index in [0.717, 1.165) is 49.7 Å². The second kappa shape index (κ2) is 5.48. The summed E-state index contributed by atoms with van der Waals surface area (Å²) in [4.78, 5) is 2.33. The lowest BCUT2D eigenvalue weighted by Gasteiger charge is -2.33. The van der Waals surface area contributed by atoms with Gasteiger partial charge in [-0.3, -0.25) is 4.90 Å². The van der Waals surface area contributed by atoms with Crippen molar-refractivity contribution in [1.29, 1.82) is 0 Å². The van der Waals surface area contributed by atoms with Crippen molar-refractivity contribution in [2.75, 3.05) is 26.2 Å². The number of piperidine rings is 1. The predicted octanol–water partition coefficient (Wildman–Crippen LogP) is 1.75. The van der Waals surface area contributed by atoms with Gasteiger partial charge in [0, 0.05) is 32.5 Å². The fourth-order valence-electron chi connectivity index (χ4n) is 2.53. The van der Waals surface area contributed by atoms with Gasteiger partial charge in [-0.05, 0) is 12.1 Å². The number of fused-ring (bicyclic) bond motifs is 1. The minimum Gasteiger partial charge on any atom is -0.486 e. The molecule has 2 aliphatic rings. The number of hydrogen-bond acceptors (Lipinski definition) is 5. The smallest absolute Gasteiger partial charge is 0.161 e. The second-order valence-electron chi connectivity index (χ2n) is 4.96. The van der Waals surface area contributed by atoms with E-state index in [0.29, 0.717) is 6.61 Å². The zero-order valence-electron chi connectivity index (χ0n) is 10.8. The molecule has 5 heteroatoms. The summed E-state index contributed by atoms with van der Waals surface area (Å²) < 4.78 is 11.6. The first-order chi connectivity index (χ1) is 9.35. The zero-order chi connectivity index (χ0) is 13.1. The molecule has 0 radical (unpaired) electrons. The van der Waals surface area contributed by atoms with Crippen LogP contribution in [-0.4, -0.2) is 48.2 Å². The molecule has 102 valence electrons. The first-order valence-corrected chi connectivity index (χ1v) is 6.66. The summed E-state index contributed by atoms with van der Waals surface area (Å²) in [6.07, 6.45) is 1.74. The van der Waals surface area contributed by atoms with Gasteiger partial charge in [0.25, 0.3) is 0 Å². The van der Waals surface area contributed by atoms with Crippen LogP contribution in [-0.2, 0) is 0 Å². The molecule has 1 fully saturated rings. The van der Waals surface area contributed by atoms with E-state index in [4.69, 9.17) is 14.7 Å². The highest BCUT2D eigenvalue weighted by Crippen LogP contribution is 2.31. The van der Waals surface area contributed by atoms with Crippen LogP contribution in [0.2, 0.25) is 0 Å². The minimum absolute atomic E-state index is 0.0718. The van der Waals surface area contributed by atoms with Crippen LogP contribution in [0.3, 0.4) is 0 Å². The number of benzene rings is 1. The Hall–Kier alpha value is -1.75. The number of oxime groups is 1. The molecule has 1 saturated heterocycles. The number of para-hydroxylation sites is 2. The Morgan fingerprint density at radius 2 is 1.95 bits per heavy atom. The van der Waals surface area contributed by atoms with Crippen molar-refractivity contribution in [2.24, 2.45) is 5.16 Å². The summed E-state index contributed by atoms with van der Waals surface area (Å²) in [6, 6.07) is 7.77. The van der Waals surface area contributed by atoms with E-state index >= 15 is 0 Å². The number of nitrogens with zero attached hydrogens (tertiary/aromatic N) is 2. The van der Waals surface area contributed by atoms with Gasteiger partial charge in [0.1, 0.15) is 12.7 Å². The first kappa shape index (κ1) is 12.3. The molecule has 0 aliphatic carbocycles. The van der Waals surface area contributed by atoms with E-state index in [2.05, 4.69) is 10.1 Å². The normalized spacial score (nSPS) is 23.2. The Kier molecular flexibility index (Phi) is 3.55. The molecule has 1 aromatic carbocycles. The lowest BCUT2D eigenvalue weighted by atomic mass is 10.1. The van der Waals surface area contributed by atoms with Gasteiger partial charge in [-0.15, -0.1) is 0 Å².